The predicted octanol–water partition coefficient (Wildman–Crippen LogP) is 0.472. The van der Waals surface area contributed by atoms with Gasteiger partial charge in [0, 0.05) is 0 Å². The number of ether oxygens (including phenoxy) is 1. The lowest BCUT2D eigenvalue weighted by Gasteiger charge is -2.24. The molecule has 1 aromatic heterocycles. The normalized spacial score (nSPS) is 27.1. The quantitative estimate of drug-likeness (QED) is 0.778. The minimum absolute atomic E-state index is 0.00944. The van der Waals surface area contributed by atoms with Crippen molar-refractivity contribution >= 4 is 11.5 Å². The van der Waals surface area contributed by atoms with Gasteiger partial charge in [-0.2, -0.15) is 0 Å². The van der Waals surface area contributed by atoms with Crippen molar-refractivity contribution in [1.29, 1.82) is 0 Å². The van der Waals surface area contributed by atoms with Crippen molar-refractivity contribution in [2.45, 2.75) is 32.1 Å². The summed E-state index contributed by atoms with van der Waals surface area (Å²) in [6.45, 7) is 2.74. The molecule has 2 unspecified atom stereocenters. The van der Waals surface area contributed by atoms with Crippen LogP contribution >= 0.6 is 0 Å². The fourth-order valence-electron chi connectivity index (χ4n) is 2.41. The highest BCUT2D eigenvalue weighted by Gasteiger charge is 2.34. The number of anilines is 2. The number of rotatable bonds is 2. The highest BCUT2D eigenvalue weighted by atomic mass is 16.5. The highest BCUT2D eigenvalue weighted by molar-refractivity contribution is 5.72. The minimum Gasteiger partial charge on any atom is -0.394 e. The van der Waals surface area contributed by atoms with Gasteiger partial charge in [-0.3, -0.25) is 0 Å². The number of nitrogens with one attached hydrogen (secondary N) is 1. The average Bonchev–Trinajstić information content (AvgIpc) is 2.94. The number of hydrogen-bond acceptors (Lipinski definition) is 6. The zero-order valence-electron chi connectivity index (χ0n) is 9.76. The Bertz CT molecular complexity index is 426. The summed E-state index contributed by atoms with van der Waals surface area (Å²) in [5.74, 6) is 0.904. The molecule has 6 heteroatoms. The second-order valence-electron chi connectivity index (χ2n) is 4.44. The summed E-state index contributed by atoms with van der Waals surface area (Å²) in [7, 11) is 0. The van der Waals surface area contributed by atoms with Gasteiger partial charge in [-0.05, 0) is 19.8 Å². The molecule has 2 N–H and O–H groups in total. The summed E-state index contributed by atoms with van der Waals surface area (Å²) >= 11 is 0. The third-order valence-electron chi connectivity index (χ3n) is 3.35. The van der Waals surface area contributed by atoms with Crippen LogP contribution in [0.5, 0.6) is 0 Å². The maximum atomic E-state index is 9.08. The molecule has 92 valence electrons. The molecular formula is C11H16N4O2. The number of hydrogen-bond donors (Lipinski definition) is 2. The monoisotopic (exact) mass is 236 g/mol. The molecule has 2 atom stereocenters. The summed E-state index contributed by atoms with van der Waals surface area (Å²) in [6.07, 6.45) is 3.38. The maximum absolute atomic E-state index is 9.08. The van der Waals surface area contributed by atoms with Crippen LogP contribution in [0.25, 0.3) is 0 Å². The standard InChI is InChI=1S/C11H16N4O2/c1-7-10-11(13-5-12-7)15(6-14-10)9-3-2-8(4-16)17-9/h5,8-9,14,16H,2-4,6H2,1H3. The zero-order valence-corrected chi connectivity index (χ0v) is 9.76. The fraction of sp³-hybridized carbons (Fsp3) is 0.636. The molecule has 1 aromatic rings. The summed E-state index contributed by atoms with van der Waals surface area (Å²) < 4.78 is 5.77. The number of aromatic nitrogens is 2. The highest BCUT2D eigenvalue weighted by Crippen LogP contribution is 2.35. The van der Waals surface area contributed by atoms with Crippen LogP contribution in [0.2, 0.25) is 0 Å². The van der Waals surface area contributed by atoms with E-state index in [1.807, 2.05) is 6.92 Å². The summed E-state index contributed by atoms with van der Waals surface area (Å²) in [6, 6.07) is 0. The van der Waals surface area contributed by atoms with E-state index in [1.165, 1.54) is 0 Å². The van der Waals surface area contributed by atoms with Gasteiger partial charge in [0.05, 0.1) is 25.1 Å². The van der Waals surface area contributed by atoms with Gasteiger partial charge in [0.15, 0.2) is 5.82 Å². The van der Waals surface area contributed by atoms with Gasteiger partial charge >= 0.3 is 0 Å². The molecule has 3 heterocycles. The van der Waals surface area contributed by atoms with E-state index in [1.54, 1.807) is 6.33 Å². The van der Waals surface area contributed by atoms with Crippen LogP contribution in [0.4, 0.5) is 11.5 Å². The lowest BCUT2D eigenvalue weighted by atomic mass is 10.2. The smallest absolute Gasteiger partial charge is 0.159 e. The van der Waals surface area contributed by atoms with Gasteiger partial charge in [0.25, 0.3) is 0 Å². The van der Waals surface area contributed by atoms with Crippen molar-refractivity contribution in [3.05, 3.63) is 12.0 Å². The van der Waals surface area contributed by atoms with Crippen molar-refractivity contribution < 1.29 is 9.84 Å². The molecule has 0 radical (unpaired) electrons. The molecule has 2 aliphatic rings. The van der Waals surface area contributed by atoms with Crippen molar-refractivity contribution in [3.63, 3.8) is 0 Å². The van der Waals surface area contributed by atoms with E-state index >= 15 is 0 Å². The number of aliphatic hydroxyl groups is 1. The van der Waals surface area contributed by atoms with Crippen LogP contribution in [0, 0.1) is 6.92 Å². The van der Waals surface area contributed by atoms with Gasteiger partial charge in [0.1, 0.15) is 18.2 Å². The van der Waals surface area contributed by atoms with Gasteiger partial charge in [-0.15, -0.1) is 0 Å². The van der Waals surface area contributed by atoms with Crippen molar-refractivity contribution in [3.8, 4) is 0 Å². The predicted molar refractivity (Wildman–Crippen MR) is 62.7 cm³/mol. The summed E-state index contributed by atoms with van der Waals surface area (Å²) in [4.78, 5) is 10.6. The third kappa shape index (κ3) is 1.73. The zero-order chi connectivity index (χ0) is 11.8. The largest absolute Gasteiger partial charge is 0.394 e. The van der Waals surface area contributed by atoms with E-state index in [4.69, 9.17) is 9.84 Å². The molecule has 17 heavy (non-hydrogen) atoms. The molecule has 2 aliphatic heterocycles. The van der Waals surface area contributed by atoms with Crippen LogP contribution < -0.4 is 10.2 Å². The molecule has 3 rings (SSSR count). The van der Waals surface area contributed by atoms with E-state index in [2.05, 4.69) is 20.2 Å². The Hall–Kier alpha value is -1.40. The lowest BCUT2D eigenvalue weighted by molar-refractivity contribution is 0.0115. The lowest BCUT2D eigenvalue weighted by Crippen LogP contribution is -2.35. The molecule has 1 fully saturated rings. The topological polar surface area (TPSA) is 70.5 Å². The molecule has 0 spiro atoms. The van der Waals surface area contributed by atoms with Crippen molar-refractivity contribution in [1.82, 2.24) is 9.97 Å². The van der Waals surface area contributed by atoms with Gasteiger partial charge in [-0.25, -0.2) is 9.97 Å². The second kappa shape index (κ2) is 4.12. The second-order valence-corrected chi connectivity index (χ2v) is 4.44. The Morgan fingerprint density at radius 1 is 1.53 bits per heavy atom. The first-order chi connectivity index (χ1) is 8.29. The van der Waals surface area contributed by atoms with Crippen LogP contribution in [0.15, 0.2) is 6.33 Å². The van der Waals surface area contributed by atoms with E-state index in [9.17, 15) is 0 Å². The molecule has 0 aromatic carbocycles. The molecule has 0 saturated carbocycles. The Balaban J connectivity index is 1.82. The number of fused-ring (bicyclic) bond motifs is 1. The SMILES string of the molecule is Cc1ncnc2c1NCN2C1CCC(CO)O1. The van der Waals surface area contributed by atoms with E-state index in [0.717, 1.165) is 30.0 Å². The van der Waals surface area contributed by atoms with Crippen LogP contribution in [0.1, 0.15) is 18.5 Å². The molecule has 1 saturated heterocycles. The van der Waals surface area contributed by atoms with E-state index < -0.39 is 0 Å². The minimum atomic E-state index is -0.0352. The Morgan fingerprint density at radius 2 is 2.41 bits per heavy atom. The summed E-state index contributed by atoms with van der Waals surface area (Å²) in [5.41, 5.74) is 1.94. The van der Waals surface area contributed by atoms with Crippen molar-refractivity contribution in [2.24, 2.45) is 0 Å². The first kappa shape index (κ1) is 10.7. The van der Waals surface area contributed by atoms with Crippen LogP contribution in [0.3, 0.4) is 0 Å². The third-order valence-corrected chi connectivity index (χ3v) is 3.35. The maximum Gasteiger partial charge on any atom is 0.159 e. The van der Waals surface area contributed by atoms with Crippen LogP contribution in [-0.2, 0) is 4.74 Å². The number of aryl methyl sites for hydroxylation is 1. The molecule has 6 nitrogen and oxygen atoms in total. The Labute approximate surface area is 99.6 Å². The van der Waals surface area contributed by atoms with Crippen molar-refractivity contribution in [2.75, 3.05) is 23.5 Å². The van der Waals surface area contributed by atoms with Crippen LogP contribution in [-0.4, -0.2) is 40.7 Å². The summed E-state index contributed by atoms with van der Waals surface area (Å²) in [5, 5.41) is 12.4. The van der Waals surface area contributed by atoms with Gasteiger partial charge in [-0.1, -0.05) is 0 Å². The van der Waals surface area contributed by atoms with Gasteiger partial charge in [0.2, 0.25) is 0 Å². The van der Waals surface area contributed by atoms with E-state index in [0.29, 0.717) is 6.67 Å². The Kier molecular flexibility index (Phi) is 2.60. The number of aliphatic hydroxyl groups excluding tert-OH is 1. The van der Waals surface area contributed by atoms with E-state index in [-0.39, 0.29) is 18.9 Å². The van der Waals surface area contributed by atoms with Gasteiger partial charge < -0.3 is 20.1 Å². The molecular weight excluding hydrogens is 220 g/mol. The fourth-order valence-corrected chi connectivity index (χ4v) is 2.41. The number of nitrogens with zero attached hydrogens (tertiary/aromatic N) is 3. The Morgan fingerprint density at radius 3 is 3.18 bits per heavy atom. The molecule has 0 bridgehead atoms. The first-order valence-electron chi connectivity index (χ1n) is 5.88. The molecule has 0 amide bonds. The molecule has 0 aliphatic carbocycles. The average molecular weight is 236 g/mol. The first-order valence-corrected chi connectivity index (χ1v) is 5.88.